The van der Waals surface area contributed by atoms with Crippen molar-refractivity contribution in [3.63, 3.8) is 0 Å². The third kappa shape index (κ3) is 4.88. The molecule has 1 saturated carbocycles. The lowest BCUT2D eigenvalue weighted by molar-refractivity contribution is -0.139. The van der Waals surface area contributed by atoms with Gasteiger partial charge in [-0.15, -0.1) is 0 Å². The maximum atomic E-state index is 15.3. The van der Waals surface area contributed by atoms with Crippen molar-refractivity contribution in [1.29, 1.82) is 0 Å². The summed E-state index contributed by atoms with van der Waals surface area (Å²) in [6.07, 6.45) is -0.728. The van der Waals surface area contributed by atoms with E-state index in [0.29, 0.717) is 44.6 Å². The maximum absolute atomic E-state index is 15.3. The van der Waals surface area contributed by atoms with Crippen LogP contribution in [0.5, 0.6) is 0 Å². The summed E-state index contributed by atoms with van der Waals surface area (Å²) in [6.45, 7) is 4.02. The predicted octanol–water partition coefficient (Wildman–Crippen LogP) is -2.60. The van der Waals surface area contributed by atoms with Crippen LogP contribution in [-0.4, -0.2) is 140 Å². The van der Waals surface area contributed by atoms with Crippen molar-refractivity contribution in [3.05, 3.63) is 0 Å². The quantitative estimate of drug-likeness (QED) is 0.269. The van der Waals surface area contributed by atoms with Crippen LogP contribution in [0.2, 0.25) is 0 Å². The van der Waals surface area contributed by atoms with E-state index in [-0.39, 0.29) is 37.4 Å². The number of nitrogens with zero attached hydrogens (tertiary/aromatic N) is 4. The van der Waals surface area contributed by atoms with Gasteiger partial charge in [0.05, 0.1) is 30.3 Å². The van der Waals surface area contributed by atoms with Crippen molar-refractivity contribution in [1.82, 2.24) is 41.1 Å². The van der Waals surface area contributed by atoms with E-state index < -0.39 is 42.7 Å². The first-order valence-corrected chi connectivity index (χ1v) is 13.9. The van der Waals surface area contributed by atoms with Gasteiger partial charge in [0.1, 0.15) is 12.3 Å². The molecule has 0 bridgehead atoms. The Morgan fingerprint density at radius 1 is 1.03 bits per heavy atom. The minimum Gasteiger partial charge on any atom is -0.350 e. The number of hydrogen-bond acceptors (Lipinski definition) is 9. The summed E-state index contributed by atoms with van der Waals surface area (Å²) in [5, 5.41) is 10.9. The van der Waals surface area contributed by atoms with Gasteiger partial charge in [0.2, 0.25) is 11.8 Å². The molecule has 5 saturated heterocycles. The molecule has 0 radical (unpaired) electrons. The van der Waals surface area contributed by atoms with Crippen molar-refractivity contribution in [2.75, 3.05) is 59.4 Å². The largest absolute Gasteiger partial charge is 0.350 e. The number of halogens is 2. The van der Waals surface area contributed by atoms with Crippen LogP contribution in [0.4, 0.5) is 8.78 Å². The van der Waals surface area contributed by atoms with Gasteiger partial charge in [-0.3, -0.25) is 24.7 Å². The number of piperidine rings is 2. The van der Waals surface area contributed by atoms with E-state index in [1.54, 1.807) is 5.01 Å². The zero-order valence-corrected chi connectivity index (χ0v) is 21.5. The SMILES string of the molecule is CN1CCN(C(=O)C2CCN(C3C(F)CNCC3NC(=O)C3C(N)NN4CC(F)CNC34)CC2)C2CC21. The number of rotatable bonds is 4. The van der Waals surface area contributed by atoms with E-state index in [2.05, 4.69) is 43.1 Å². The Kier molecular flexibility index (Phi) is 7.14. The van der Waals surface area contributed by atoms with E-state index in [4.69, 9.17) is 5.73 Å². The summed E-state index contributed by atoms with van der Waals surface area (Å²) in [7, 11) is 2.13. The first-order valence-electron chi connectivity index (χ1n) is 13.9. The molecule has 37 heavy (non-hydrogen) atoms. The molecule has 0 aromatic rings. The van der Waals surface area contributed by atoms with Gasteiger partial charge in [-0.2, -0.15) is 0 Å². The summed E-state index contributed by atoms with van der Waals surface area (Å²) in [4.78, 5) is 33.2. The lowest BCUT2D eigenvalue weighted by atomic mass is 9.89. The molecule has 6 N–H and O–H groups in total. The molecule has 2 amide bonds. The van der Waals surface area contributed by atoms with E-state index in [0.717, 1.165) is 19.5 Å². The average Bonchev–Trinajstić information content (AvgIpc) is 3.61. The number of hydrazine groups is 1. The number of carbonyl (C=O) groups excluding carboxylic acids is 2. The van der Waals surface area contributed by atoms with Crippen LogP contribution >= 0.6 is 0 Å². The Morgan fingerprint density at radius 3 is 2.59 bits per heavy atom. The van der Waals surface area contributed by atoms with E-state index >= 15 is 4.39 Å². The molecule has 5 heterocycles. The second-order valence-electron chi connectivity index (χ2n) is 11.8. The molecule has 1 aliphatic carbocycles. The van der Waals surface area contributed by atoms with Crippen molar-refractivity contribution in [2.24, 2.45) is 17.6 Å². The summed E-state index contributed by atoms with van der Waals surface area (Å²) < 4.78 is 29.1. The molecule has 13 heteroatoms. The summed E-state index contributed by atoms with van der Waals surface area (Å²) in [6, 6.07) is -0.00644. The van der Waals surface area contributed by atoms with E-state index in [1.165, 1.54) is 0 Å². The molecular formula is C24H41F2N9O2. The smallest absolute Gasteiger partial charge is 0.229 e. The first-order chi connectivity index (χ1) is 17.8. The standard InChI is InChI=1S/C24H41F2N9O2/c1-32-6-7-34(18-8-17(18)32)24(37)13-2-4-33(5-3-13)20-15(26)10-28-11-16(20)30-23(36)19-21(27)31-35-12-14(25)9-29-22(19)35/h13-22,28-29,31H,2-12,27H2,1H3,(H,30,36). The molecule has 0 aromatic heterocycles. The zero-order chi connectivity index (χ0) is 25.8. The number of likely N-dealkylation sites (N-methyl/N-ethyl adjacent to an activating group) is 1. The molecule has 9 unspecified atom stereocenters. The molecule has 6 rings (SSSR count). The second-order valence-corrected chi connectivity index (χ2v) is 11.8. The number of piperazine rings is 1. The van der Waals surface area contributed by atoms with Gasteiger partial charge in [-0.25, -0.2) is 19.2 Å². The van der Waals surface area contributed by atoms with Crippen LogP contribution in [0.1, 0.15) is 19.3 Å². The Bertz CT molecular complexity index is 877. The van der Waals surface area contributed by atoms with Gasteiger partial charge in [-0.1, -0.05) is 0 Å². The second kappa shape index (κ2) is 10.2. The molecule has 6 fully saturated rings. The highest BCUT2D eigenvalue weighted by Gasteiger charge is 2.51. The molecule has 11 nitrogen and oxygen atoms in total. The van der Waals surface area contributed by atoms with Crippen LogP contribution in [0.25, 0.3) is 0 Å². The number of likely N-dealkylation sites (tertiary alicyclic amines) is 1. The Hall–Kier alpha value is -1.48. The van der Waals surface area contributed by atoms with Gasteiger partial charge in [-0.05, 0) is 39.4 Å². The Labute approximate surface area is 216 Å². The monoisotopic (exact) mass is 525 g/mol. The van der Waals surface area contributed by atoms with Gasteiger partial charge in [0, 0.05) is 57.3 Å². The Morgan fingerprint density at radius 2 is 1.81 bits per heavy atom. The fourth-order valence-corrected chi connectivity index (χ4v) is 7.28. The van der Waals surface area contributed by atoms with Crippen molar-refractivity contribution in [3.8, 4) is 0 Å². The zero-order valence-electron chi connectivity index (χ0n) is 21.5. The van der Waals surface area contributed by atoms with Gasteiger partial charge in [0.15, 0.2) is 0 Å². The third-order valence-electron chi connectivity index (χ3n) is 9.41. The molecule has 5 aliphatic heterocycles. The van der Waals surface area contributed by atoms with Crippen molar-refractivity contribution < 1.29 is 18.4 Å². The summed E-state index contributed by atoms with van der Waals surface area (Å²) >= 11 is 0. The number of carbonyl (C=O) groups is 2. The average molecular weight is 526 g/mol. The number of hydrogen-bond donors (Lipinski definition) is 5. The lowest BCUT2D eigenvalue weighted by Crippen LogP contribution is -2.67. The minimum absolute atomic E-state index is 0.0148. The number of amides is 2. The summed E-state index contributed by atoms with van der Waals surface area (Å²) in [5.41, 5.74) is 9.20. The molecule has 9 atom stereocenters. The van der Waals surface area contributed by atoms with Crippen LogP contribution < -0.4 is 27.1 Å². The summed E-state index contributed by atoms with van der Waals surface area (Å²) in [5.74, 6) is -0.636. The van der Waals surface area contributed by atoms with Crippen LogP contribution in [0, 0.1) is 11.8 Å². The normalized spacial score (nSPS) is 43.8. The first kappa shape index (κ1) is 25.8. The van der Waals surface area contributed by atoms with Gasteiger partial charge < -0.3 is 21.3 Å². The minimum atomic E-state index is -1.14. The van der Waals surface area contributed by atoms with Crippen LogP contribution in [0.3, 0.4) is 0 Å². The third-order valence-corrected chi connectivity index (χ3v) is 9.41. The Balaban J connectivity index is 1.06. The molecule has 0 aromatic carbocycles. The fourth-order valence-electron chi connectivity index (χ4n) is 7.28. The van der Waals surface area contributed by atoms with Gasteiger partial charge >= 0.3 is 0 Å². The number of nitrogens with two attached hydrogens (primary N) is 1. The van der Waals surface area contributed by atoms with E-state index in [9.17, 15) is 14.0 Å². The fraction of sp³-hybridized carbons (Fsp3) is 0.917. The highest BCUT2D eigenvalue weighted by atomic mass is 19.1. The van der Waals surface area contributed by atoms with Crippen molar-refractivity contribution >= 4 is 11.8 Å². The van der Waals surface area contributed by atoms with E-state index in [1.807, 2.05) is 0 Å². The number of nitrogens with one attached hydrogen (secondary N) is 4. The van der Waals surface area contributed by atoms with Crippen molar-refractivity contribution in [2.45, 2.75) is 68.1 Å². The maximum Gasteiger partial charge on any atom is 0.229 e. The number of alkyl halides is 2. The molecule has 208 valence electrons. The van der Waals surface area contributed by atoms with Crippen LogP contribution in [0.15, 0.2) is 0 Å². The van der Waals surface area contributed by atoms with Crippen LogP contribution in [-0.2, 0) is 9.59 Å². The lowest BCUT2D eigenvalue weighted by Gasteiger charge is -2.45. The predicted molar refractivity (Wildman–Crippen MR) is 132 cm³/mol. The molecular weight excluding hydrogens is 484 g/mol. The highest BCUT2D eigenvalue weighted by Crippen LogP contribution is 2.37. The van der Waals surface area contributed by atoms with Gasteiger partial charge in [0.25, 0.3) is 0 Å². The topological polar surface area (TPSA) is 121 Å². The number of fused-ring (bicyclic) bond motifs is 2. The molecule has 0 spiro atoms. The molecule has 6 aliphatic rings. The highest BCUT2D eigenvalue weighted by molar-refractivity contribution is 5.81.